The summed E-state index contributed by atoms with van der Waals surface area (Å²) < 4.78 is 25.1. The van der Waals surface area contributed by atoms with Crippen molar-refractivity contribution in [1.29, 1.82) is 0 Å². The van der Waals surface area contributed by atoms with E-state index in [1.54, 1.807) is 0 Å². The predicted molar refractivity (Wildman–Crippen MR) is 77.7 cm³/mol. The lowest BCUT2D eigenvalue weighted by Crippen LogP contribution is -2.49. The first kappa shape index (κ1) is 15.2. The molecule has 0 aromatic carbocycles. The van der Waals surface area contributed by atoms with Gasteiger partial charge in [0.2, 0.25) is 10.0 Å². The SMILES string of the molecule is CS(=O)(=O)NCC1CCCCN1CC1CCNCC1. The Morgan fingerprint density at radius 1 is 1.21 bits per heavy atom. The monoisotopic (exact) mass is 289 g/mol. The lowest BCUT2D eigenvalue weighted by Gasteiger charge is -2.38. The lowest BCUT2D eigenvalue weighted by atomic mass is 9.94. The zero-order valence-electron chi connectivity index (χ0n) is 11.9. The van der Waals surface area contributed by atoms with E-state index in [0.717, 1.165) is 38.5 Å². The average molecular weight is 289 g/mol. The van der Waals surface area contributed by atoms with Gasteiger partial charge in [-0.05, 0) is 51.2 Å². The number of hydrogen-bond acceptors (Lipinski definition) is 4. The second kappa shape index (κ2) is 7.02. The Morgan fingerprint density at radius 3 is 2.63 bits per heavy atom. The van der Waals surface area contributed by atoms with E-state index < -0.39 is 10.0 Å². The third-order valence-corrected chi connectivity index (χ3v) is 4.97. The van der Waals surface area contributed by atoms with Crippen molar-refractivity contribution in [3.63, 3.8) is 0 Å². The third kappa shape index (κ3) is 5.38. The molecule has 2 heterocycles. The van der Waals surface area contributed by atoms with E-state index in [4.69, 9.17) is 0 Å². The highest BCUT2D eigenvalue weighted by molar-refractivity contribution is 7.88. The second-order valence-corrected chi connectivity index (χ2v) is 7.79. The van der Waals surface area contributed by atoms with E-state index in [2.05, 4.69) is 14.9 Å². The fourth-order valence-electron chi connectivity index (χ4n) is 3.18. The molecule has 2 saturated heterocycles. The summed E-state index contributed by atoms with van der Waals surface area (Å²) in [6.07, 6.45) is 7.34. The molecule has 0 radical (unpaired) electrons. The standard InChI is InChI=1S/C13H27N3O2S/c1-19(17,18)15-10-13-4-2-3-9-16(13)11-12-5-7-14-8-6-12/h12-15H,2-11H2,1H3. The molecule has 2 aliphatic heterocycles. The molecule has 6 heteroatoms. The van der Waals surface area contributed by atoms with Crippen molar-refractivity contribution in [2.24, 2.45) is 5.92 Å². The number of nitrogens with one attached hydrogen (secondary N) is 2. The summed E-state index contributed by atoms with van der Waals surface area (Å²) >= 11 is 0. The molecular formula is C13H27N3O2S. The first-order chi connectivity index (χ1) is 9.04. The van der Waals surface area contributed by atoms with Gasteiger partial charge in [0, 0.05) is 19.1 Å². The van der Waals surface area contributed by atoms with Crippen molar-refractivity contribution in [1.82, 2.24) is 14.9 Å². The molecular weight excluding hydrogens is 262 g/mol. The minimum atomic E-state index is -3.07. The number of nitrogens with zero attached hydrogens (tertiary/aromatic N) is 1. The van der Waals surface area contributed by atoms with Crippen LogP contribution >= 0.6 is 0 Å². The van der Waals surface area contributed by atoms with E-state index in [1.165, 1.54) is 31.9 Å². The minimum Gasteiger partial charge on any atom is -0.317 e. The van der Waals surface area contributed by atoms with Crippen LogP contribution in [0.1, 0.15) is 32.1 Å². The Labute approximate surface area is 117 Å². The zero-order chi connectivity index (χ0) is 13.7. The van der Waals surface area contributed by atoms with Crippen molar-refractivity contribution < 1.29 is 8.42 Å². The van der Waals surface area contributed by atoms with Gasteiger partial charge < -0.3 is 5.32 Å². The summed E-state index contributed by atoms with van der Waals surface area (Å²) in [5.74, 6) is 0.778. The molecule has 0 bridgehead atoms. The van der Waals surface area contributed by atoms with Crippen LogP contribution in [0.25, 0.3) is 0 Å². The predicted octanol–water partition coefficient (Wildman–Crippen LogP) is 0.390. The first-order valence-electron chi connectivity index (χ1n) is 7.44. The largest absolute Gasteiger partial charge is 0.317 e. The summed E-state index contributed by atoms with van der Waals surface area (Å²) in [6, 6.07) is 0.387. The summed E-state index contributed by atoms with van der Waals surface area (Å²) in [5, 5.41) is 3.40. The van der Waals surface area contributed by atoms with Crippen molar-refractivity contribution >= 4 is 10.0 Å². The number of sulfonamides is 1. The summed E-state index contributed by atoms with van der Waals surface area (Å²) in [7, 11) is -3.07. The Bertz CT molecular complexity index is 366. The number of likely N-dealkylation sites (tertiary alicyclic amines) is 1. The highest BCUT2D eigenvalue weighted by Gasteiger charge is 2.26. The topological polar surface area (TPSA) is 61.4 Å². The molecule has 1 unspecified atom stereocenters. The number of rotatable bonds is 5. The van der Waals surface area contributed by atoms with Crippen LogP contribution in [0.2, 0.25) is 0 Å². The van der Waals surface area contributed by atoms with Gasteiger partial charge >= 0.3 is 0 Å². The molecule has 112 valence electrons. The molecule has 0 aliphatic carbocycles. The van der Waals surface area contributed by atoms with Gasteiger partial charge in [0.1, 0.15) is 0 Å². The molecule has 19 heavy (non-hydrogen) atoms. The smallest absolute Gasteiger partial charge is 0.208 e. The number of hydrogen-bond donors (Lipinski definition) is 2. The van der Waals surface area contributed by atoms with Crippen molar-refractivity contribution in [3.8, 4) is 0 Å². The molecule has 2 aliphatic rings. The highest BCUT2D eigenvalue weighted by atomic mass is 32.2. The maximum Gasteiger partial charge on any atom is 0.208 e. The van der Waals surface area contributed by atoms with Crippen LogP contribution in [0.4, 0.5) is 0 Å². The molecule has 5 nitrogen and oxygen atoms in total. The van der Waals surface area contributed by atoms with Gasteiger partial charge in [-0.2, -0.15) is 0 Å². The van der Waals surface area contributed by atoms with Crippen LogP contribution in [0.15, 0.2) is 0 Å². The van der Waals surface area contributed by atoms with E-state index in [1.807, 2.05) is 0 Å². The Balaban J connectivity index is 1.84. The molecule has 1 atom stereocenters. The van der Waals surface area contributed by atoms with Crippen LogP contribution in [0.3, 0.4) is 0 Å². The normalized spacial score (nSPS) is 27.5. The highest BCUT2D eigenvalue weighted by Crippen LogP contribution is 2.21. The van der Waals surface area contributed by atoms with Crippen molar-refractivity contribution in [2.75, 3.05) is 39.0 Å². The first-order valence-corrected chi connectivity index (χ1v) is 9.33. The maximum atomic E-state index is 11.2. The zero-order valence-corrected chi connectivity index (χ0v) is 12.7. The fraction of sp³-hybridized carbons (Fsp3) is 1.00. The summed E-state index contributed by atoms with van der Waals surface area (Å²) in [6.45, 7) is 5.09. The van der Waals surface area contributed by atoms with Gasteiger partial charge in [-0.15, -0.1) is 0 Å². The molecule has 0 amide bonds. The van der Waals surface area contributed by atoms with Gasteiger partial charge in [0.25, 0.3) is 0 Å². The lowest BCUT2D eigenvalue weighted by molar-refractivity contribution is 0.117. The van der Waals surface area contributed by atoms with Crippen molar-refractivity contribution in [2.45, 2.75) is 38.1 Å². The van der Waals surface area contributed by atoms with Gasteiger partial charge in [0.15, 0.2) is 0 Å². The Hall–Kier alpha value is -0.170. The van der Waals surface area contributed by atoms with Gasteiger partial charge in [-0.1, -0.05) is 6.42 Å². The van der Waals surface area contributed by atoms with E-state index >= 15 is 0 Å². The van der Waals surface area contributed by atoms with Crippen LogP contribution in [0.5, 0.6) is 0 Å². The van der Waals surface area contributed by atoms with Crippen LogP contribution < -0.4 is 10.0 Å². The van der Waals surface area contributed by atoms with Gasteiger partial charge in [-0.3, -0.25) is 4.90 Å². The summed E-state index contributed by atoms with van der Waals surface area (Å²) in [4.78, 5) is 2.51. The van der Waals surface area contributed by atoms with E-state index in [-0.39, 0.29) is 0 Å². The molecule has 2 N–H and O–H groups in total. The van der Waals surface area contributed by atoms with Gasteiger partial charge in [-0.25, -0.2) is 13.1 Å². The van der Waals surface area contributed by atoms with Crippen LogP contribution in [0, 0.1) is 5.92 Å². The molecule has 0 spiro atoms. The van der Waals surface area contributed by atoms with Gasteiger partial charge in [0.05, 0.1) is 6.26 Å². The third-order valence-electron chi connectivity index (χ3n) is 4.28. The van der Waals surface area contributed by atoms with E-state index in [9.17, 15) is 8.42 Å². The molecule has 0 aromatic rings. The molecule has 2 rings (SSSR count). The second-order valence-electron chi connectivity index (χ2n) is 5.96. The molecule has 0 saturated carbocycles. The quantitative estimate of drug-likeness (QED) is 0.769. The fourth-order valence-corrected chi connectivity index (χ4v) is 3.67. The Kier molecular flexibility index (Phi) is 5.62. The number of piperidine rings is 2. The maximum absolute atomic E-state index is 11.2. The van der Waals surface area contributed by atoms with Crippen molar-refractivity contribution in [3.05, 3.63) is 0 Å². The van der Waals surface area contributed by atoms with Crippen LogP contribution in [-0.4, -0.2) is 58.3 Å². The summed E-state index contributed by atoms with van der Waals surface area (Å²) in [5.41, 5.74) is 0. The minimum absolute atomic E-state index is 0.387. The average Bonchev–Trinajstić information content (AvgIpc) is 2.38. The van der Waals surface area contributed by atoms with E-state index in [0.29, 0.717) is 12.6 Å². The Morgan fingerprint density at radius 2 is 1.95 bits per heavy atom. The molecule has 2 fully saturated rings. The molecule has 0 aromatic heterocycles. The van der Waals surface area contributed by atoms with Crippen LogP contribution in [-0.2, 0) is 10.0 Å².